The standard InChI is InChI=1S/C19H27N3O3/c1-13(20-18(25)19(2,3)4)16(23)21-15-9-7-14(8-10-15)17(24)22-11-5-6-12-22/h7-10,13H,5-6,11-12H2,1-4H3,(H,20,25)(H,21,23). The summed E-state index contributed by atoms with van der Waals surface area (Å²) in [5.41, 5.74) is 0.667. The highest BCUT2D eigenvalue weighted by Crippen LogP contribution is 2.16. The smallest absolute Gasteiger partial charge is 0.253 e. The van der Waals surface area contributed by atoms with Crippen LogP contribution < -0.4 is 10.6 Å². The minimum atomic E-state index is -0.641. The lowest BCUT2D eigenvalue weighted by Gasteiger charge is -2.21. The molecule has 0 saturated carbocycles. The molecule has 1 aliphatic rings. The van der Waals surface area contributed by atoms with Crippen LogP contribution in [0.1, 0.15) is 50.9 Å². The molecule has 6 heteroatoms. The highest BCUT2D eigenvalue weighted by molar-refractivity contribution is 5.98. The lowest BCUT2D eigenvalue weighted by molar-refractivity contribution is -0.131. The van der Waals surface area contributed by atoms with E-state index in [0.717, 1.165) is 25.9 Å². The minimum absolute atomic E-state index is 0.0289. The first-order valence-corrected chi connectivity index (χ1v) is 8.69. The van der Waals surface area contributed by atoms with Gasteiger partial charge in [-0.1, -0.05) is 20.8 Å². The van der Waals surface area contributed by atoms with Gasteiger partial charge in [0.25, 0.3) is 5.91 Å². The van der Waals surface area contributed by atoms with Crippen LogP contribution in [0.4, 0.5) is 5.69 Å². The number of carbonyl (C=O) groups excluding carboxylic acids is 3. The Hall–Kier alpha value is -2.37. The molecule has 1 atom stereocenters. The van der Waals surface area contributed by atoms with Crippen LogP contribution in [-0.4, -0.2) is 41.8 Å². The van der Waals surface area contributed by atoms with Crippen molar-refractivity contribution in [2.75, 3.05) is 18.4 Å². The van der Waals surface area contributed by atoms with Gasteiger partial charge in [0.2, 0.25) is 11.8 Å². The molecule has 1 aromatic rings. The summed E-state index contributed by atoms with van der Waals surface area (Å²) in [4.78, 5) is 38.3. The highest BCUT2D eigenvalue weighted by Gasteiger charge is 2.25. The van der Waals surface area contributed by atoms with Crippen molar-refractivity contribution in [1.29, 1.82) is 0 Å². The molecule has 1 aliphatic heterocycles. The van der Waals surface area contributed by atoms with E-state index in [1.165, 1.54) is 0 Å². The van der Waals surface area contributed by atoms with Gasteiger partial charge in [-0.3, -0.25) is 14.4 Å². The third kappa shape index (κ3) is 5.05. The fraction of sp³-hybridized carbons (Fsp3) is 0.526. The molecule has 0 bridgehead atoms. The molecule has 1 unspecified atom stereocenters. The van der Waals surface area contributed by atoms with Crippen molar-refractivity contribution in [1.82, 2.24) is 10.2 Å². The maximum atomic E-state index is 12.3. The summed E-state index contributed by atoms with van der Waals surface area (Å²) < 4.78 is 0. The lowest BCUT2D eigenvalue weighted by atomic mass is 9.95. The topological polar surface area (TPSA) is 78.5 Å². The number of amides is 3. The molecule has 1 heterocycles. The van der Waals surface area contributed by atoms with Crippen LogP contribution in [-0.2, 0) is 9.59 Å². The maximum Gasteiger partial charge on any atom is 0.253 e. The zero-order valence-corrected chi connectivity index (χ0v) is 15.4. The monoisotopic (exact) mass is 345 g/mol. The van der Waals surface area contributed by atoms with Gasteiger partial charge in [-0.2, -0.15) is 0 Å². The molecule has 2 rings (SSSR count). The lowest BCUT2D eigenvalue weighted by Crippen LogP contribution is -2.46. The number of benzene rings is 1. The van der Waals surface area contributed by atoms with Gasteiger partial charge in [-0.15, -0.1) is 0 Å². The molecule has 3 amide bonds. The molecule has 0 aromatic heterocycles. The molecule has 0 spiro atoms. The Morgan fingerprint density at radius 2 is 1.60 bits per heavy atom. The Morgan fingerprint density at radius 3 is 2.12 bits per heavy atom. The second-order valence-electron chi connectivity index (χ2n) is 7.51. The summed E-state index contributed by atoms with van der Waals surface area (Å²) in [6.07, 6.45) is 2.11. The number of hydrogen-bond acceptors (Lipinski definition) is 3. The van der Waals surface area contributed by atoms with E-state index < -0.39 is 11.5 Å². The maximum absolute atomic E-state index is 12.3. The van der Waals surface area contributed by atoms with E-state index in [-0.39, 0.29) is 17.7 Å². The largest absolute Gasteiger partial charge is 0.344 e. The van der Waals surface area contributed by atoms with Crippen LogP contribution in [0.25, 0.3) is 0 Å². The third-order valence-electron chi connectivity index (χ3n) is 4.21. The first-order chi connectivity index (χ1) is 11.7. The summed E-state index contributed by atoms with van der Waals surface area (Å²) >= 11 is 0. The van der Waals surface area contributed by atoms with Crippen molar-refractivity contribution >= 4 is 23.4 Å². The quantitative estimate of drug-likeness (QED) is 0.879. The predicted octanol–water partition coefficient (Wildman–Crippen LogP) is 2.41. The van der Waals surface area contributed by atoms with Gasteiger partial charge in [-0.25, -0.2) is 0 Å². The molecule has 25 heavy (non-hydrogen) atoms. The highest BCUT2D eigenvalue weighted by atomic mass is 16.2. The van der Waals surface area contributed by atoms with Crippen molar-refractivity contribution in [2.24, 2.45) is 5.41 Å². The van der Waals surface area contributed by atoms with Gasteiger partial charge in [-0.05, 0) is 44.0 Å². The van der Waals surface area contributed by atoms with Gasteiger partial charge < -0.3 is 15.5 Å². The Kier molecular flexibility index (Phi) is 5.82. The molecule has 0 aliphatic carbocycles. The molecule has 1 saturated heterocycles. The summed E-state index contributed by atoms with van der Waals surface area (Å²) in [7, 11) is 0. The van der Waals surface area contributed by atoms with Crippen molar-refractivity contribution in [3.63, 3.8) is 0 Å². The predicted molar refractivity (Wildman–Crippen MR) is 97.3 cm³/mol. The number of nitrogens with one attached hydrogen (secondary N) is 2. The van der Waals surface area contributed by atoms with E-state index in [1.807, 2.05) is 4.90 Å². The summed E-state index contributed by atoms with van der Waals surface area (Å²) in [5.74, 6) is -0.445. The van der Waals surface area contributed by atoms with Crippen LogP contribution >= 0.6 is 0 Å². The second kappa shape index (κ2) is 7.68. The van der Waals surface area contributed by atoms with Gasteiger partial charge >= 0.3 is 0 Å². The van der Waals surface area contributed by atoms with Gasteiger partial charge in [0.15, 0.2) is 0 Å². The minimum Gasteiger partial charge on any atom is -0.344 e. The number of hydrogen-bond donors (Lipinski definition) is 2. The number of likely N-dealkylation sites (tertiary alicyclic amines) is 1. The summed E-state index contributed by atoms with van der Waals surface area (Å²) in [6.45, 7) is 8.64. The zero-order valence-electron chi connectivity index (χ0n) is 15.4. The van der Waals surface area contributed by atoms with E-state index in [0.29, 0.717) is 11.3 Å². The average molecular weight is 345 g/mol. The summed E-state index contributed by atoms with van der Waals surface area (Å²) in [5, 5.41) is 5.45. The average Bonchev–Trinajstić information content (AvgIpc) is 3.08. The first kappa shape index (κ1) is 19.0. The van der Waals surface area contributed by atoms with Crippen molar-refractivity contribution < 1.29 is 14.4 Å². The molecule has 6 nitrogen and oxygen atoms in total. The van der Waals surface area contributed by atoms with Crippen LogP contribution in [0.15, 0.2) is 24.3 Å². The second-order valence-corrected chi connectivity index (χ2v) is 7.51. The molecular weight excluding hydrogens is 318 g/mol. The fourth-order valence-corrected chi connectivity index (χ4v) is 2.53. The van der Waals surface area contributed by atoms with E-state index in [1.54, 1.807) is 52.0 Å². The van der Waals surface area contributed by atoms with E-state index >= 15 is 0 Å². The fourth-order valence-electron chi connectivity index (χ4n) is 2.53. The Morgan fingerprint density at radius 1 is 1.04 bits per heavy atom. The molecule has 1 fully saturated rings. The number of carbonyl (C=O) groups is 3. The number of nitrogens with zero attached hydrogens (tertiary/aromatic N) is 1. The number of rotatable bonds is 4. The number of anilines is 1. The van der Waals surface area contributed by atoms with E-state index in [2.05, 4.69) is 10.6 Å². The molecular formula is C19H27N3O3. The normalized spacial score (nSPS) is 15.6. The Bertz CT molecular complexity index is 641. The molecule has 136 valence electrons. The van der Waals surface area contributed by atoms with Gasteiger partial charge in [0, 0.05) is 29.8 Å². The third-order valence-corrected chi connectivity index (χ3v) is 4.21. The van der Waals surface area contributed by atoms with Crippen LogP contribution in [0.2, 0.25) is 0 Å². The van der Waals surface area contributed by atoms with E-state index in [4.69, 9.17) is 0 Å². The SMILES string of the molecule is CC(NC(=O)C(C)(C)C)C(=O)Nc1ccc(C(=O)N2CCCC2)cc1. The first-order valence-electron chi connectivity index (χ1n) is 8.69. The van der Waals surface area contributed by atoms with Crippen LogP contribution in [0, 0.1) is 5.41 Å². The molecule has 0 radical (unpaired) electrons. The summed E-state index contributed by atoms with van der Waals surface area (Å²) in [6, 6.07) is 6.21. The van der Waals surface area contributed by atoms with Gasteiger partial charge in [0.1, 0.15) is 6.04 Å². The molecule has 2 N–H and O–H groups in total. The van der Waals surface area contributed by atoms with Crippen molar-refractivity contribution in [2.45, 2.75) is 46.6 Å². The Labute approximate surface area is 149 Å². The van der Waals surface area contributed by atoms with Gasteiger partial charge in [0.05, 0.1) is 0 Å². The van der Waals surface area contributed by atoms with Crippen LogP contribution in [0.3, 0.4) is 0 Å². The van der Waals surface area contributed by atoms with Crippen molar-refractivity contribution in [3.8, 4) is 0 Å². The molecule has 1 aromatic carbocycles. The Balaban J connectivity index is 1.92. The van der Waals surface area contributed by atoms with Crippen LogP contribution in [0.5, 0.6) is 0 Å². The van der Waals surface area contributed by atoms with Crippen molar-refractivity contribution in [3.05, 3.63) is 29.8 Å². The zero-order chi connectivity index (χ0) is 18.6. The van der Waals surface area contributed by atoms with E-state index in [9.17, 15) is 14.4 Å².